The van der Waals surface area contributed by atoms with Gasteiger partial charge in [-0.05, 0) is 74.8 Å². The van der Waals surface area contributed by atoms with Crippen molar-refractivity contribution < 1.29 is 32.3 Å². The lowest BCUT2D eigenvalue weighted by Crippen LogP contribution is -2.37. The van der Waals surface area contributed by atoms with E-state index < -0.39 is 11.7 Å². The number of nitrogens with one attached hydrogen (secondary N) is 3. The molecule has 0 heterocycles. The monoisotopic (exact) mass is 629 g/mol. The average molecular weight is 630 g/mol. The van der Waals surface area contributed by atoms with Crippen molar-refractivity contribution in [2.24, 2.45) is 0 Å². The molecule has 3 N–H and O–H groups in total. The normalized spacial score (nSPS) is 11.4. The Morgan fingerprint density at radius 3 is 1.96 bits per heavy atom. The lowest BCUT2D eigenvalue weighted by atomic mass is 10.0. The van der Waals surface area contributed by atoms with Crippen LogP contribution in [0.2, 0.25) is 0 Å². The van der Waals surface area contributed by atoms with Gasteiger partial charge in [0.05, 0.1) is 17.8 Å². The fourth-order valence-electron chi connectivity index (χ4n) is 4.08. The molecule has 0 spiro atoms. The number of ether oxygens (including phenoxy) is 1. The van der Waals surface area contributed by atoms with Crippen molar-refractivity contribution >= 4 is 19.2 Å². The van der Waals surface area contributed by atoms with Gasteiger partial charge in [0.15, 0.2) is 0 Å². The molecule has 246 valence electrons. The highest BCUT2D eigenvalue weighted by Gasteiger charge is 2.30. The Balaban J connectivity index is 0.000000343. The molecule has 0 aliphatic heterocycles. The third kappa shape index (κ3) is 18.3. The van der Waals surface area contributed by atoms with E-state index in [1.807, 2.05) is 76.2 Å². The summed E-state index contributed by atoms with van der Waals surface area (Å²) in [5, 5.41) is 7.94. The van der Waals surface area contributed by atoms with Gasteiger partial charge in [0.2, 0.25) is 19.2 Å². The van der Waals surface area contributed by atoms with Crippen LogP contribution in [-0.4, -0.2) is 44.0 Å². The van der Waals surface area contributed by atoms with Gasteiger partial charge in [-0.2, -0.15) is 13.2 Å². The zero-order valence-electron chi connectivity index (χ0n) is 26.5. The Labute approximate surface area is 265 Å². The van der Waals surface area contributed by atoms with Gasteiger partial charge in [0, 0.05) is 19.1 Å². The van der Waals surface area contributed by atoms with Crippen LogP contribution in [0.4, 0.5) is 13.2 Å². The molecule has 0 aliphatic carbocycles. The summed E-state index contributed by atoms with van der Waals surface area (Å²) in [5.74, 6) is 0. The molecule has 45 heavy (non-hydrogen) atoms. The van der Waals surface area contributed by atoms with Crippen LogP contribution in [0.1, 0.15) is 61.9 Å². The first-order chi connectivity index (χ1) is 21.4. The van der Waals surface area contributed by atoms with Gasteiger partial charge in [-0.1, -0.05) is 79.7 Å². The Morgan fingerprint density at radius 2 is 1.38 bits per heavy atom. The Kier molecular flexibility index (Phi) is 18.6. The minimum Gasteiger partial charge on any atom is -0.376 e. The Morgan fingerprint density at radius 1 is 0.756 bits per heavy atom. The van der Waals surface area contributed by atoms with Crippen LogP contribution in [0.3, 0.4) is 0 Å². The van der Waals surface area contributed by atoms with E-state index >= 15 is 0 Å². The van der Waals surface area contributed by atoms with Gasteiger partial charge in [-0.3, -0.25) is 14.4 Å². The lowest BCUT2D eigenvalue weighted by Gasteiger charge is -2.20. The number of aryl methyl sites for hydroxylation is 2. The number of hydrogen-bond donors (Lipinski definition) is 3. The third-order valence-corrected chi connectivity index (χ3v) is 6.44. The molecule has 7 nitrogen and oxygen atoms in total. The summed E-state index contributed by atoms with van der Waals surface area (Å²) in [5.41, 5.74) is 3.65. The molecule has 3 aromatic carbocycles. The summed E-state index contributed by atoms with van der Waals surface area (Å²) in [6, 6.07) is 23.5. The van der Waals surface area contributed by atoms with E-state index in [1.54, 1.807) is 6.07 Å². The van der Waals surface area contributed by atoms with Crippen molar-refractivity contribution in [1.29, 1.82) is 0 Å². The van der Waals surface area contributed by atoms with Crippen molar-refractivity contribution in [1.82, 2.24) is 16.0 Å². The maximum Gasteiger partial charge on any atom is 0.416 e. The van der Waals surface area contributed by atoms with Crippen LogP contribution >= 0.6 is 0 Å². The van der Waals surface area contributed by atoms with Gasteiger partial charge in [-0.15, -0.1) is 0 Å². The van der Waals surface area contributed by atoms with Crippen molar-refractivity contribution in [3.8, 4) is 0 Å². The van der Waals surface area contributed by atoms with E-state index in [9.17, 15) is 27.6 Å². The standard InChI is InChI=1S/C14H21NO2.C12H16N2O2.C9H9F3/c1-14(2,3)17-9-8-12-6-4-5-7-13(12)10-15-11-16;15-9-13-8-12(14-10-16)7-6-11-4-2-1-3-5-11;1-2-7-4-3-5-8(6-7)9(10,11)12/h4-7,11H,8-10H2,1-3H3,(H,15,16);1-5,9-10,12H,6-8H2,(H,13,15)(H,14,16);3-6H,2H2,1H3/t;12-;/m.0./s1. The molecule has 0 saturated heterocycles. The summed E-state index contributed by atoms with van der Waals surface area (Å²) in [7, 11) is 0. The second kappa shape index (κ2) is 21.5. The summed E-state index contributed by atoms with van der Waals surface area (Å²) < 4.78 is 42.0. The van der Waals surface area contributed by atoms with Gasteiger partial charge in [-0.25, -0.2) is 0 Å². The predicted octanol–water partition coefficient (Wildman–Crippen LogP) is 6.04. The molecule has 0 aliphatic rings. The number of hydrogen-bond acceptors (Lipinski definition) is 4. The first kappa shape index (κ1) is 38.8. The summed E-state index contributed by atoms with van der Waals surface area (Å²) in [6.07, 6.45) is 1.01. The Bertz CT molecular complexity index is 1250. The van der Waals surface area contributed by atoms with E-state index in [4.69, 9.17) is 4.74 Å². The number of amides is 3. The average Bonchev–Trinajstić information content (AvgIpc) is 3.02. The molecule has 10 heteroatoms. The van der Waals surface area contributed by atoms with Crippen molar-refractivity contribution in [2.75, 3.05) is 13.2 Å². The van der Waals surface area contributed by atoms with Crippen LogP contribution in [0.25, 0.3) is 0 Å². The molecule has 3 rings (SSSR count). The maximum absolute atomic E-state index is 12.1. The molecule has 1 atom stereocenters. The SMILES string of the molecule is CC(C)(C)OCCc1ccccc1CNC=O.CCc1cccc(C(F)(F)F)c1.O=CNC[C@H](CCc1ccccc1)NC=O. The molecule has 3 amide bonds. The van der Waals surface area contributed by atoms with E-state index in [0.717, 1.165) is 37.3 Å². The highest BCUT2D eigenvalue weighted by atomic mass is 19.4. The topological polar surface area (TPSA) is 96.5 Å². The molecular formula is C35H46F3N3O4. The van der Waals surface area contributed by atoms with E-state index in [-0.39, 0.29) is 11.6 Å². The number of benzene rings is 3. The number of carbonyl (C=O) groups excluding carboxylic acids is 3. The summed E-state index contributed by atoms with van der Waals surface area (Å²) in [4.78, 5) is 30.8. The largest absolute Gasteiger partial charge is 0.416 e. The first-order valence-corrected chi connectivity index (χ1v) is 14.9. The van der Waals surface area contributed by atoms with Crippen molar-refractivity contribution in [2.45, 2.75) is 77.7 Å². The number of rotatable bonds is 15. The molecule has 0 saturated carbocycles. The van der Waals surface area contributed by atoms with E-state index in [2.05, 4.69) is 22.0 Å². The number of alkyl halides is 3. The van der Waals surface area contributed by atoms with Gasteiger partial charge >= 0.3 is 6.18 Å². The molecule has 0 bridgehead atoms. The smallest absolute Gasteiger partial charge is 0.376 e. The van der Waals surface area contributed by atoms with E-state index in [0.29, 0.717) is 44.5 Å². The first-order valence-electron chi connectivity index (χ1n) is 14.9. The van der Waals surface area contributed by atoms with Crippen LogP contribution in [0.5, 0.6) is 0 Å². The minimum absolute atomic E-state index is 0.0112. The maximum atomic E-state index is 12.1. The minimum atomic E-state index is -4.22. The lowest BCUT2D eigenvalue weighted by molar-refractivity contribution is -0.137. The second-order valence-electron chi connectivity index (χ2n) is 11.1. The van der Waals surface area contributed by atoms with Crippen molar-refractivity contribution in [3.05, 3.63) is 107 Å². The highest BCUT2D eigenvalue weighted by Crippen LogP contribution is 2.29. The van der Waals surface area contributed by atoms with Gasteiger partial charge < -0.3 is 20.7 Å². The predicted molar refractivity (Wildman–Crippen MR) is 171 cm³/mol. The highest BCUT2D eigenvalue weighted by molar-refractivity contribution is 5.48. The molecular weight excluding hydrogens is 583 g/mol. The molecule has 0 unspecified atom stereocenters. The van der Waals surface area contributed by atoms with Gasteiger partial charge in [0.1, 0.15) is 0 Å². The molecule has 3 aromatic rings. The third-order valence-electron chi connectivity index (χ3n) is 6.44. The molecule has 0 fully saturated rings. The fourth-order valence-corrected chi connectivity index (χ4v) is 4.08. The quantitative estimate of drug-likeness (QED) is 0.179. The zero-order chi connectivity index (χ0) is 33.6. The van der Waals surface area contributed by atoms with Gasteiger partial charge in [0.25, 0.3) is 0 Å². The van der Waals surface area contributed by atoms with Crippen LogP contribution in [0.15, 0.2) is 78.9 Å². The number of halogens is 3. The Hall–Kier alpha value is -4.18. The fraction of sp³-hybridized carbons (Fsp3) is 0.400. The number of carbonyl (C=O) groups is 3. The van der Waals surface area contributed by atoms with Crippen LogP contribution < -0.4 is 16.0 Å². The van der Waals surface area contributed by atoms with Crippen LogP contribution in [0, 0.1) is 0 Å². The summed E-state index contributed by atoms with van der Waals surface area (Å²) >= 11 is 0. The van der Waals surface area contributed by atoms with E-state index in [1.165, 1.54) is 23.3 Å². The molecule has 0 aromatic heterocycles. The summed E-state index contributed by atoms with van der Waals surface area (Å²) in [6.45, 7) is 9.72. The van der Waals surface area contributed by atoms with Crippen molar-refractivity contribution in [3.63, 3.8) is 0 Å². The zero-order valence-corrected chi connectivity index (χ0v) is 26.5. The second-order valence-corrected chi connectivity index (χ2v) is 11.1. The van der Waals surface area contributed by atoms with Crippen LogP contribution in [-0.2, 0) is 51.1 Å². The molecule has 0 radical (unpaired) electrons.